The highest BCUT2D eigenvalue weighted by molar-refractivity contribution is 7.56. The Balaban J connectivity index is 2.86. The lowest BCUT2D eigenvalue weighted by Crippen LogP contribution is -2.35. The van der Waals surface area contributed by atoms with Gasteiger partial charge in [0.2, 0.25) is 0 Å². The zero-order valence-corrected chi connectivity index (χ0v) is 11.9. The van der Waals surface area contributed by atoms with Crippen LogP contribution in [-0.2, 0) is 23.3 Å². The van der Waals surface area contributed by atoms with Crippen LogP contribution in [0.5, 0.6) is 0 Å². The van der Waals surface area contributed by atoms with E-state index in [1.165, 1.54) is 6.08 Å². The second-order valence-corrected chi connectivity index (χ2v) is 5.88. The zero-order valence-electron chi connectivity index (χ0n) is 12.0. The molecule has 0 radical (unpaired) electrons. The van der Waals surface area contributed by atoms with E-state index in [0.29, 0.717) is 6.61 Å². The molecule has 1 unspecified atom stereocenters. The van der Waals surface area contributed by atoms with Gasteiger partial charge in [0.1, 0.15) is 18.3 Å². The quantitative estimate of drug-likeness (QED) is 0.744. The third kappa shape index (κ3) is 4.46. The van der Waals surface area contributed by atoms with Crippen LogP contribution < -0.4 is 0 Å². The predicted molar refractivity (Wildman–Crippen MR) is 66.5 cm³/mol. The van der Waals surface area contributed by atoms with E-state index in [1.54, 1.807) is 7.11 Å². The van der Waals surface area contributed by atoms with Gasteiger partial charge in [0.05, 0.1) is 14.1 Å². The molecular formula is C11H21O6P. The van der Waals surface area contributed by atoms with Crippen molar-refractivity contribution in [3.8, 4) is 0 Å². The average Bonchev–Trinajstić information content (AvgIpc) is 2.71. The Labute approximate surface area is 109 Å². The van der Waals surface area contributed by atoms with Gasteiger partial charge in [-0.25, -0.2) is 0 Å². The SMILES string of the molecule is [2H]/C(=C\[C@H]1OC[C@H](OC)[C@@H]1OC(C)C)P(=O)(O)OC. The standard InChI is InChI=1S/C11H21O6P/c1-8(2)17-11-9(16-7-10(11)14-3)5-6-18(12,13)15-4/h5-6,8-11H,7H2,1-4H3,(H,12,13)/b6-5+/t9-,10+,11-/m1/s1/i6D. The summed E-state index contributed by atoms with van der Waals surface area (Å²) >= 11 is 0. The highest BCUT2D eigenvalue weighted by atomic mass is 31.2. The molecule has 0 spiro atoms. The smallest absolute Gasteiger partial charge is 0.351 e. The average molecular weight is 281 g/mol. The van der Waals surface area contributed by atoms with E-state index >= 15 is 0 Å². The Kier molecular flexibility index (Phi) is 5.36. The molecule has 1 saturated heterocycles. The molecule has 0 aromatic rings. The Hall–Kier alpha value is -0.230. The normalized spacial score (nSPS) is 33.6. The van der Waals surface area contributed by atoms with E-state index in [9.17, 15) is 9.46 Å². The van der Waals surface area contributed by atoms with Crippen molar-refractivity contribution in [2.45, 2.75) is 38.3 Å². The zero-order chi connectivity index (χ0) is 14.6. The van der Waals surface area contributed by atoms with Gasteiger partial charge >= 0.3 is 7.60 Å². The van der Waals surface area contributed by atoms with Crippen molar-refractivity contribution in [1.29, 1.82) is 0 Å². The largest absolute Gasteiger partial charge is 0.376 e. The lowest BCUT2D eigenvalue weighted by molar-refractivity contribution is -0.0659. The molecule has 1 aliphatic heterocycles. The van der Waals surface area contributed by atoms with Crippen LogP contribution in [0.15, 0.2) is 11.9 Å². The van der Waals surface area contributed by atoms with Crippen LogP contribution in [0.4, 0.5) is 0 Å². The summed E-state index contributed by atoms with van der Waals surface area (Å²) in [4.78, 5) is 9.39. The van der Waals surface area contributed by atoms with E-state index in [1.807, 2.05) is 13.8 Å². The van der Waals surface area contributed by atoms with Gasteiger partial charge in [-0.3, -0.25) is 4.57 Å². The summed E-state index contributed by atoms with van der Waals surface area (Å²) in [5.41, 5.74) is 0. The second kappa shape index (κ2) is 6.80. The molecule has 0 aromatic carbocycles. The molecule has 4 atom stereocenters. The lowest BCUT2D eigenvalue weighted by Gasteiger charge is -2.23. The van der Waals surface area contributed by atoms with Crippen LogP contribution in [0.1, 0.15) is 15.2 Å². The van der Waals surface area contributed by atoms with Crippen molar-refractivity contribution in [2.75, 3.05) is 20.8 Å². The van der Waals surface area contributed by atoms with E-state index in [-0.39, 0.29) is 12.2 Å². The van der Waals surface area contributed by atoms with Gasteiger partial charge in [-0.2, -0.15) is 0 Å². The minimum Gasteiger partial charge on any atom is -0.376 e. The number of ether oxygens (including phenoxy) is 3. The van der Waals surface area contributed by atoms with Crippen molar-refractivity contribution in [3.63, 3.8) is 0 Å². The van der Waals surface area contributed by atoms with Gasteiger partial charge in [-0.1, -0.05) is 0 Å². The Bertz CT molecular complexity index is 372. The van der Waals surface area contributed by atoms with Crippen molar-refractivity contribution < 1.29 is 29.6 Å². The summed E-state index contributed by atoms with van der Waals surface area (Å²) in [6.07, 6.45) is -0.0800. The van der Waals surface area contributed by atoms with E-state index in [2.05, 4.69) is 4.52 Å². The first-order chi connectivity index (χ1) is 8.81. The maximum Gasteiger partial charge on any atom is 0.351 e. The van der Waals surface area contributed by atoms with Crippen LogP contribution in [0, 0.1) is 0 Å². The molecule has 6 nitrogen and oxygen atoms in total. The first-order valence-electron chi connectivity index (χ1n) is 6.19. The van der Waals surface area contributed by atoms with Gasteiger partial charge in [0.15, 0.2) is 0 Å². The number of methoxy groups -OCH3 is 1. The number of hydrogen-bond donors (Lipinski definition) is 1. The van der Waals surface area contributed by atoms with Gasteiger partial charge in [0.25, 0.3) is 0 Å². The molecule has 1 aliphatic rings. The van der Waals surface area contributed by atoms with Crippen molar-refractivity contribution >= 4 is 7.60 Å². The third-order valence-corrected chi connectivity index (χ3v) is 3.49. The molecule has 0 aliphatic carbocycles. The molecule has 0 aromatic heterocycles. The topological polar surface area (TPSA) is 74.2 Å². The molecule has 18 heavy (non-hydrogen) atoms. The summed E-state index contributed by atoms with van der Waals surface area (Å²) in [6, 6.07) is 0. The molecule has 1 fully saturated rings. The molecule has 0 bridgehead atoms. The van der Waals surface area contributed by atoms with Gasteiger partial charge < -0.3 is 23.6 Å². The maximum absolute atomic E-state index is 11.5. The predicted octanol–water partition coefficient (Wildman–Crippen LogP) is 1.54. The molecule has 1 rings (SSSR count). The number of hydrogen-bond acceptors (Lipinski definition) is 5. The molecule has 0 saturated carbocycles. The Morgan fingerprint density at radius 3 is 2.72 bits per heavy atom. The molecule has 106 valence electrons. The van der Waals surface area contributed by atoms with Crippen molar-refractivity contribution in [2.24, 2.45) is 0 Å². The fraction of sp³-hybridized carbons (Fsp3) is 0.818. The van der Waals surface area contributed by atoms with Crippen LogP contribution >= 0.6 is 7.60 Å². The first-order valence-corrected chi connectivity index (χ1v) is 7.27. The first kappa shape index (κ1) is 14.2. The molecule has 7 heteroatoms. The Morgan fingerprint density at radius 1 is 1.56 bits per heavy atom. The van der Waals surface area contributed by atoms with Gasteiger partial charge in [-0.15, -0.1) is 0 Å². The molecule has 0 amide bonds. The van der Waals surface area contributed by atoms with Crippen LogP contribution in [0.3, 0.4) is 0 Å². The van der Waals surface area contributed by atoms with Crippen LogP contribution in [0.25, 0.3) is 0 Å². The van der Waals surface area contributed by atoms with E-state index in [0.717, 1.165) is 7.11 Å². The minimum absolute atomic E-state index is 0.0437. The fourth-order valence-corrected chi connectivity index (χ4v) is 2.09. The van der Waals surface area contributed by atoms with Crippen molar-refractivity contribution in [3.05, 3.63) is 11.9 Å². The van der Waals surface area contributed by atoms with Crippen LogP contribution in [0.2, 0.25) is 0 Å². The molecule has 1 N–H and O–H groups in total. The highest BCUT2D eigenvalue weighted by Gasteiger charge is 2.38. The van der Waals surface area contributed by atoms with E-state index in [4.69, 9.17) is 15.6 Å². The maximum atomic E-state index is 11.5. The lowest BCUT2D eigenvalue weighted by atomic mass is 10.1. The Morgan fingerprint density at radius 2 is 2.22 bits per heavy atom. The second-order valence-electron chi connectivity index (χ2n) is 4.22. The summed E-state index contributed by atoms with van der Waals surface area (Å²) in [5, 5.41) is 0. The van der Waals surface area contributed by atoms with Crippen LogP contribution in [-0.4, -0.2) is 50.1 Å². The molecule has 1 heterocycles. The van der Waals surface area contributed by atoms with Gasteiger partial charge in [-0.05, 0) is 19.9 Å². The third-order valence-electron chi connectivity index (χ3n) is 2.52. The summed E-state index contributed by atoms with van der Waals surface area (Å²) in [7, 11) is -1.43. The fourth-order valence-electron chi connectivity index (χ4n) is 1.65. The number of rotatable bonds is 6. The van der Waals surface area contributed by atoms with E-state index < -0.39 is 25.6 Å². The summed E-state index contributed by atoms with van der Waals surface area (Å²) in [5.74, 6) is -0.505. The minimum atomic E-state index is -4.05. The summed E-state index contributed by atoms with van der Waals surface area (Å²) < 4.78 is 39.9. The monoisotopic (exact) mass is 281 g/mol. The summed E-state index contributed by atoms with van der Waals surface area (Å²) in [6.45, 7) is 4.06. The van der Waals surface area contributed by atoms with Crippen molar-refractivity contribution in [1.82, 2.24) is 0 Å². The van der Waals surface area contributed by atoms with Gasteiger partial charge in [0, 0.05) is 20.0 Å². The highest BCUT2D eigenvalue weighted by Crippen LogP contribution is 2.42. The molecular weight excluding hydrogens is 259 g/mol.